The van der Waals surface area contributed by atoms with Gasteiger partial charge < -0.3 is 14.8 Å². The van der Waals surface area contributed by atoms with E-state index >= 15 is 0 Å². The van der Waals surface area contributed by atoms with Crippen molar-refractivity contribution < 1.29 is 14.3 Å². The molecule has 0 saturated carbocycles. The Kier molecular flexibility index (Phi) is 5.49. The van der Waals surface area contributed by atoms with Crippen molar-refractivity contribution >= 4 is 6.47 Å². The van der Waals surface area contributed by atoms with Gasteiger partial charge in [0.2, 0.25) is 0 Å². The number of likely N-dealkylation sites (N-methyl/N-ethyl adjacent to an activating group) is 1. The lowest BCUT2D eigenvalue weighted by molar-refractivity contribution is -0.134. The molecule has 0 heterocycles. The summed E-state index contributed by atoms with van der Waals surface area (Å²) >= 11 is 0. The molecule has 1 unspecified atom stereocenters. The van der Waals surface area contributed by atoms with E-state index < -0.39 is 0 Å². The lowest BCUT2D eigenvalue weighted by atomic mass is 10.1. The third-order valence-electron chi connectivity index (χ3n) is 2.31. The Morgan fingerprint density at radius 2 is 1.94 bits per heavy atom. The summed E-state index contributed by atoms with van der Waals surface area (Å²) in [5.41, 5.74) is 2.31. The predicted octanol–water partition coefficient (Wildman–Crippen LogP) is 1.44. The van der Waals surface area contributed by atoms with Crippen LogP contribution in [0.3, 0.4) is 0 Å². The van der Waals surface area contributed by atoms with Crippen molar-refractivity contribution in [3.05, 3.63) is 29.3 Å². The second-order valence-electron chi connectivity index (χ2n) is 4.05. The molecule has 17 heavy (non-hydrogen) atoms. The first-order chi connectivity index (χ1) is 8.15. The molecule has 1 N–H and O–H groups in total. The SMILES string of the molecule is CNCC(COc1cc(C)cc(C)c1)OC=O. The molecule has 0 aromatic heterocycles. The minimum Gasteiger partial charge on any atom is -0.490 e. The Bertz CT molecular complexity index is 345. The summed E-state index contributed by atoms with van der Waals surface area (Å²) in [5, 5.41) is 2.95. The number of carbonyl (C=O) groups excluding carboxylic acids is 1. The molecule has 1 aromatic carbocycles. The maximum absolute atomic E-state index is 10.3. The zero-order valence-electron chi connectivity index (χ0n) is 10.5. The monoisotopic (exact) mass is 237 g/mol. The number of nitrogens with one attached hydrogen (secondary N) is 1. The molecule has 0 amide bonds. The zero-order chi connectivity index (χ0) is 12.7. The van der Waals surface area contributed by atoms with Gasteiger partial charge in [0.25, 0.3) is 6.47 Å². The van der Waals surface area contributed by atoms with Gasteiger partial charge in [-0.1, -0.05) is 6.07 Å². The van der Waals surface area contributed by atoms with Gasteiger partial charge in [0.15, 0.2) is 0 Å². The van der Waals surface area contributed by atoms with Gasteiger partial charge in [0.05, 0.1) is 0 Å². The minimum atomic E-state index is -0.265. The second kappa shape index (κ2) is 6.91. The Labute approximate surface area is 102 Å². The highest BCUT2D eigenvalue weighted by molar-refractivity contribution is 5.37. The average molecular weight is 237 g/mol. The number of ether oxygens (including phenoxy) is 2. The van der Waals surface area contributed by atoms with Crippen LogP contribution in [-0.4, -0.2) is 32.8 Å². The summed E-state index contributed by atoms with van der Waals surface area (Å²) in [6.45, 7) is 5.42. The first-order valence-electron chi connectivity index (χ1n) is 5.60. The number of hydrogen-bond acceptors (Lipinski definition) is 4. The fraction of sp³-hybridized carbons (Fsp3) is 0.462. The normalized spacial score (nSPS) is 11.9. The molecule has 0 aliphatic carbocycles. The van der Waals surface area contributed by atoms with Crippen molar-refractivity contribution in [1.82, 2.24) is 5.32 Å². The zero-order valence-corrected chi connectivity index (χ0v) is 10.5. The van der Waals surface area contributed by atoms with Crippen molar-refractivity contribution in [2.24, 2.45) is 0 Å². The predicted molar refractivity (Wildman–Crippen MR) is 66.3 cm³/mol. The highest BCUT2D eigenvalue weighted by Crippen LogP contribution is 2.16. The third kappa shape index (κ3) is 4.87. The van der Waals surface area contributed by atoms with E-state index in [1.54, 1.807) is 7.05 Å². The maximum Gasteiger partial charge on any atom is 0.293 e. The topological polar surface area (TPSA) is 47.6 Å². The van der Waals surface area contributed by atoms with Crippen LogP contribution in [0, 0.1) is 13.8 Å². The van der Waals surface area contributed by atoms with Crippen LogP contribution < -0.4 is 10.1 Å². The quantitative estimate of drug-likeness (QED) is 0.729. The van der Waals surface area contributed by atoms with E-state index in [0.717, 1.165) is 16.9 Å². The van der Waals surface area contributed by atoms with Gasteiger partial charge in [0.1, 0.15) is 18.5 Å². The van der Waals surface area contributed by atoms with Gasteiger partial charge in [-0.2, -0.15) is 0 Å². The number of rotatable bonds is 7. The molecule has 4 nitrogen and oxygen atoms in total. The maximum atomic E-state index is 10.3. The summed E-state index contributed by atoms with van der Waals surface area (Å²) in [7, 11) is 1.80. The molecule has 4 heteroatoms. The molecular weight excluding hydrogens is 218 g/mol. The van der Waals surface area contributed by atoms with Crippen LogP contribution in [0.15, 0.2) is 18.2 Å². The lowest BCUT2D eigenvalue weighted by Crippen LogP contribution is -2.31. The molecule has 0 aliphatic heterocycles. The summed E-state index contributed by atoms with van der Waals surface area (Å²) < 4.78 is 10.5. The molecule has 0 aliphatic rings. The smallest absolute Gasteiger partial charge is 0.293 e. The van der Waals surface area contributed by atoms with Gasteiger partial charge in [-0.3, -0.25) is 4.79 Å². The minimum absolute atomic E-state index is 0.265. The largest absolute Gasteiger partial charge is 0.490 e. The second-order valence-corrected chi connectivity index (χ2v) is 4.05. The van der Waals surface area contributed by atoms with Gasteiger partial charge in [-0.05, 0) is 44.2 Å². The number of hydrogen-bond donors (Lipinski definition) is 1. The van der Waals surface area contributed by atoms with E-state index in [-0.39, 0.29) is 6.10 Å². The van der Waals surface area contributed by atoms with Crippen molar-refractivity contribution in [2.45, 2.75) is 20.0 Å². The van der Waals surface area contributed by atoms with E-state index in [9.17, 15) is 4.79 Å². The first-order valence-corrected chi connectivity index (χ1v) is 5.60. The van der Waals surface area contributed by atoms with Crippen LogP contribution in [0.5, 0.6) is 5.75 Å². The molecule has 94 valence electrons. The molecule has 1 aromatic rings. The highest BCUT2D eigenvalue weighted by atomic mass is 16.6. The Balaban J connectivity index is 2.55. The molecule has 0 saturated heterocycles. The van der Waals surface area contributed by atoms with Crippen molar-refractivity contribution in [3.8, 4) is 5.75 Å². The number of carbonyl (C=O) groups is 1. The molecule has 0 radical (unpaired) electrons. The first kappa shape index (κ1) is 13.5. The van der Waals surface area contributed by atoms with Crippen molar-refractivity contribution in [3.63, 3.8) is 0 Å². The molecule has 1 atom stereocenters. The average Bonchev–Trinajstić information content (AvgIpc) is 2.25. The molecule has 0 fully saturated rings. The van der Waals surface area contributed by atoms with E-state index in [1.807, 2.05) is 26.0 Å². The summed E-state index contributed by atoms with van der Waals surface area (Å²) in [6, 6.07) is 6.01. The van der Waals surface area contributed by atoms with E-state index in [1.165, 1.54) is 0 Å². The van der Waals surface area contributed by atoms with Crippen LogP contribution >= 0.6 is 0 Å². The summed E-state index contributed by atoms with van der Waals surface area (Å²) in [6.07, 6.45) is -0.265. The number of aryl methyl sites for hydroxylation is 2. The van der Waals surface area contributed by atoms with Crippen LogP contribution in [0.1, 0.15) is 11.1 Å². The Hall–Kier alpha value is -1.55. The van der Waals surface area contributed by atoms with E-state index in [2.05, 4.69) is 11.4 Å². The van der Waals surface area contributed by atoms with Crippen LogP contribution in [-0.2, 0) is 9.53 Å². The van der Waals surface area contributed by atoms with E-state index in [4.69, 9.17) is 9.47 Å². The molecule has 0 spiro atoms. The molecule has 0 bridgehead atoms. The van der Waals surface area contributed by atoms with Gasteiger partial charge in [0, 0.05) is 6.54 Å². The van der Waals surface area contributed by atoms with Crippen molar-refractivity contribution in [1.29, 1.82) is 0 Å². The third-order valence-corrected chi connectivity index (χ3v) is 2.31. The molecule has 1 rings (SSSR count). The standard InChI is InChI=1S/C13H19NO3/c1-10-4-11(2)6-12(5-10)16-8-13(7-14-3)17-9-15/h4-6,9,13-14H,7-8H2,1-3H3. The van der Waals surface area contributed by atoms with Crippen LogP contribution in [0.25, 0.3) is 0 Å². The van der Waals surface area contributed by atoms with Crippen LogP contribution in [0.4, 0.5) is 0 Å². The number of benzene rings is 1. The Morgan fingerprint density at radius 3 is 2.47 bits per heavy atom. The van der Waals surface area contributed by atoms with Gasteiger partial charge >= 0.3 is 0 Å². The Morgan fingerprint density at radius 1 is 1.29 bits per heavy atom. The van der Waals surface area contributed by atoms with Gasteiger partial charge in [-0.25, -0.2) is 0 Å². The lowest BCUT2D eigenvalue weighted by Gasteiger charge is -2.16. The van der Waals surface area contributed by atoms with E-state index in [0.29, 0.717) is 19.6 Å². The van der Waals surface area contributed by atoms with Gasteiger partial charge in [-0.15, -0.1) is 0 Å². The van der Waals surface area contributed by atoms with Crippen molar-refractivity contribution in [2.75, 3.05) is 20.2 Å². The van der Waals surface area contributed by atoms with Crippen LogP contribution in [0.2, 0.25) is 0 Å². The molecular formula is C13H19NO3. The fourth-order valence-corrected chi connectivity index (χ4v) is 1.66. The fourth-order valence-electron chi connectivity index (χ4n) is 1.66. The highest BCUT2D eigenvalue weighted by Gasteiger charge is 2.09. The summed E-state index contributed by atoms with van der Waals surface area (Å²) in [4.78, 5) is 10.3. The summed E-state index contributed by atoms with van der Waals surface area (Å²) in [5.74, 6) is 0.804.